The minimum Gasteiger partial charge on any atom is -0.325 e. The van der Waals surface area contributed by atoms with Crippen LogP contribution in [0.4, 0.5) is 0 Å². The van der Waals surface area contributed by atoms with Crippen LogP contribution in [-0.2, 0) is 4.79 Å². The highest BCUT2D eigenvalue weighted by atomic mass is 16.1. The molecule has 0 aliphatic heterocycles. The first-order valence-electron chi connectivity index (χ1n) is 5.32. The Morgan fingerprint density at radius 2 is 1.92 bits per heavy atom. The lowest BCUT2D eigenvalue weighted by molar-refractivity contribution is -0.120. The van der Waals surface area contributed by atoms with Crippen molar-refractivity contribution in [2.24, 2.45) is 11.7 Å². The number of hydrogen-bond donors (Lipinski definition) is 1. The molecule has 76 valence electrons. The van der Waals surface area contributed by atoms with Gasteiger partial charge in [-0.15, -0.1) is 0 Å². The zero-order valence-electron chi connectivity index (χ0n) is 8.81. The topological polar surface area (TPSA) is 43.1 Å². The van der Waals surface area contributed by atoms with Crippen LogP contribution in [0.1, 0.15) is 52.4 Å². The summed E-state index contributed by atoms with van der Waals surface area (Å²) in [5.41, 5.74) is 5.97. The molecule has 2 heteroatoms. The fourth-order valence-electron chi connectivity index (χ4n) is 2.18. The van der Waals surface area contributed by atoms with E-state index in [2.05, 4.69) is 13.8 Å². The Morgan fingerprint density at radius 1 is 1.38 bits per heavy atom. The average Bonchev–Trinajstić information content (AvgIpc) is 2.33. The minimum atomic E-state index is -0.147. The molecule has 0 aromatic rings. The van der Waals surface area contributed by atoms with Gasteiger partial charge in [-0.2, -0.15) is 0 Å². The van der Waals surface area contributed by atoms with Gasteiger partial charge in [-0.1, -0.05) is 26.7 Å². The molecule has 2 N–H and O–H groups in total. The van der Waals surface area contributed by atoms with Gasteiger partial charge in [0.1, 0.15) is 5.78 Å². The van der Waals surface area contributed by atoms with Crippen molar-refractivity contribution in [3.63, 3.8) is 0 Å². The van der Waals surface area contributed by atoms with E-state index < -0.39 is 0 Å². The van der Waals surface area contributed by atoms with Crippen LogP contribution in [-0.4, -0.2) is 11.3 Å². The first kappa shape index (κ1) is 10.7. The Labute approximate surface area is 80.9 Å². The molecule has 0 amide bonds. The SMILES string of the molecule is CC(C)CC(=O)CC1(N)CCCC1. The Balaban J connectivity index is 2.34. The smallest absolute Gasteiger partial charge is 0.134 e. The lowest BCUT2D eigenvalue weighted by atomic mass is 9.89. The number of hydrogen-bond acceptors (Lipinski definition) is 2. The molecule has 0 aromatic carbocycles. The Bertz CT molecular complexity index is 181. The maximum absolute atomic E-state index is 11.5. The molecule has 0 saturated heterocycles. The molecule has 1 aliphatic carbocycles. The zero-order valence-corrected chi connectivity index (χ0v) is 8.81. The second-order valence-electron chi connectivity index (χ2n) is 4.88. The van der Waals surface area contributed by atoms with Gasteiger partial charge in [0.15, 0.2) is 0 Å². The van der Waals surface area contributed by atoms with Crippen molar-refractivity contribution < 1.29 is 4.79 Å². The van der Waals surface area contributed by atoms with Crippen LogP contribution >= 0.6 is 0 Å². The van der Waals surface area contributed by atoms with Crippen LogP contribution < -0.4 is 5.73 Å². The van der Waals surface area contributed by atoms with Gasteiger partial charge in [-0.3, -0.25) is 4.79 Å². The summed E-state index contributed by atoms with van der Waals surface area (Å²) in [6, 6.07) is 0. The van der Waals surface area contributed by atoms with Crippen molar-refractivity contribution >= 4 is 5.78 Å². The van der Waals surface area contributed by atoms with Crippen molar-refractivity contribution in [1.82, 2.24) is 0 Å². The maximum Gasteiger partial charge on any atom is 0.134 e. The lowest BCUT2D eigenvalue weighted by Gasteiger charge is -2.22. The summed E-state index contributed by atoms with van der Waals surface area (Å²) < 4.78 is 0. The molecular formula is C11H21NO. The van der Waals surface area contributed by atoms with E-state index in [-0.39, 0.29) is 5.54 Å². The van der Waals surface area contributed by atoms with Crippen LogP contribution in [0.15, 0.2) is 0 Å². The van der Waals surface area contributed by atoms with E-state index in [1.54, 1.807) is 0 Å². The Kier molecular flexibility index (Phi) is 3.48. The standard InChI is InChI=1S/C11H21NO/c1-9(2)7-10(13)8-11(12)5-3-4-6-11/h9H,3-8,12H2,1-2H3. The predicted molar refractivity (Wildman–Crippen MR) is 54.5 cm³/mol. The Morgan fingerprint density at radius 3 is 2.38 bits per heavy atom. The highest BCUT2D eigenvalue weighted by molar-refractivity contribution is 5.79. The lowest BCUT2D eigenvalue weighted by Crippen LogP contribution is -2.38. The molecule has 1 aliphatic rings. The fourth-order valence-corrected chi connectivity index (χ4v) is 2.18. The molecule has 0 radical (unpaired) electrons. The van der Waals surface area contributed by atoms with E-state index in [4.69, 9.17) is 5.73 Å². The van der Waals surface area contributed by atoms with Crippen molar-refractivity contribution in [2.75, 3.05) is 0 Å². The third kappa shape index (κ3) is 3.47. The summed E-state index contributed by atoms with van der Waals surface area (Å²) in [6.45, 7) is 4.16. The zero-order chi connectivity index (χ0) is 9.90. The number of Topliss-reactive ketones (excluding diaryl/α,β-unsaturated/α-hetero) is 1. The minimum absolute atomic E-state index is 0.147. The molecule has 0 bridgehead atoms. The first-order chi connectivity index (χ1) is 6.02. The monoisotopic (exact) mass is 183 g/mol. The normalized spacial score (nSPS) is 20.9. The van der Waals surface area contributed by atoms with E-state index in [0.717, 1.165) is 12.8 Å². The van der Waals surface area contributed by atoms with Gasteiger partial charge in [0.2, 0.25) is 0 Å². The third-order valence-corrected chi connectivity index (χ3v) is 2.78. The van der Waals surface area contributed by atoms with Crippen molar-refractivity contribution in [3.8, 4) is 0 Å². The fraction of sp³-hybridized carbons (Fsp3) is 0.909. The maximum atomic E-state index is 11.5. The summed E-state index contributed by atoms with van der Waals surface area (Å²) in [4.78, 5) is 11.5. The molecule has 1 fully saturated rings. The van der Waals surface area contributed by atoms with E-state index in [1.165, 1.54) is 12.8 Å². The quantitative estimate of drug-likeness (QED) is 0.726. The van der Waals surface area contributed by atoms with Crippen LogP contribution in [0.25, 0.3) is 0 Å². The molecule has 13 heavy (non-hydrogen) atoms. The largest absolute Gasteiger partial charge is 0.325 e. The van der Waals surface area contributed by atoms with Crippen LogP contribution in [0.3, 0.4) is 0 Å². The van der Waals surface area contributed by atoms with Gasteiger partial charge in [-0.05, 0) is 18.8 Å². The van der Waals surface area contributed by atoms with Gasteiger partial charge >= 0.3 is 0 Å². The highest BCUT2D eigenvalue weighted by Gasteiger charge is 2.31. The second-order valence-corrected chi connectivity index (χ2v) is 4.88. The van der Waals surface area contributed by atoms with Crippen molar-refractivity contribution in [2.45, 2.75) is 57.9 Å². The molecule has 2 nitrogen and oxygen atoms in total. The number of ketones is 1. The Hall–Kier alpha value is -0.370. The summed E-state index contributed by atoms with van der Waals surface area (Å²) in [6.07, 6.45) is 5.77. The number of rotatable bonds is 4. The van der Waals surface area contributed by atoms with E-state index in [1.807, 2.05) is 0 Å². The second kappa shape index (κ2) is 4.23. The number of nitrogens with two attached hydrogens (primary N) is 1. The summed E-state index contributed by atoms with van der Waals surface area (Å²) in [7, 11) is 0. The van der Waals surface area contributed by atoms with Crippen LogP contribution in [0.5, 0.6) is 0 Å². The predicted octanol–water partition coefficient (Wildman–Crippen LogP) is 2.26. The molecular weight excluding hydrogens is 162 g/mol. The molecule has 0 aromatic heterocycles. The summed E-state index contributed by atoms with van der Waals surface area (Å²) >= 11 is 0. The van der Waals surface area contributed by atoms with Gasteiger partial charge < -0.3 is 5.73 Å². The third-order valence-electron chi connectivity index (χ3n) is 2.78. The summed E-state index contributed by atoms with van der Waals surface area (Å²) in [5, 5.41) is 0. The van der Waals surface area contributed by atoms with Gasteiger partial charge in [-0.25, -0.2) is 0 Å². The van der Waals surface area contributed by atoms with E-state index in [9.17, 15) is 4.79 Å². The van der Waals surface area contributed by atoms with Crippen molar-refractivity contribution in [3.05, 3.63) is 0 Å². The average molecular weight is 183 g/mol. The first-order valence-corrected chi connectivity index (χ1v) is 5.32. The van der Waals surface area contributed by atoms with Gasteiger partial charge in [0, 0.05) is 18.4 Å². The van der Waals surface area contributed by atoms with Crippen molar-refractivity contribution in [1.29, 1.82) is 0 Å². The van der Waals surface area contributed by atoms with Gasteiger partial charge in [0.05, 0.1) is 0 Å². The van der Waals surface area contributed by atoms with Crippen LogP contribution in [0.2, 0.25) is 0 Å². The molecule has 1 saturated carbocycles. The van der Waals surface area contributed by atoms with Crippen LogP contribution in [0, 0.1) is 5.92 Å². The van der Waals surface area contributed by atoms with Gasteiger partial charge in [0.25, 0.3) is 0 Å². The molecule has 0 unspecified atom stereocenters. The molecule has 0 spiro atoms. The summed E-state index contributed by atoms with van der Waals surface area (Å²) in [5.74, 6) is 0.817. The number of carbonyl (C=O) groups excluding carboxylic acids is 1. The molecule has 0 heterocycles. The molecule has 0 atom stereocenters. The highest BCUT2D eigenvalue weighted by Crippen LogP contribution is 2.30. The number of carbonyl (C=O) groups is 1. The molecule has 1 rings (SSSR count). The van der Waals surface area contributed by atoms with E-state index >= 15 is 0 Å². The van der Waals surface area contributed by atoms with E-state index in [0.29, 0.717) is 24.5 Å².